The number of carbonyl (C=O) groups excluding carboxylic acids is 1. The molecule has 0 saturated carbocycles. The molecule has 24 heavy (non-hydrogen) atoms. The lowest BCUT2D eigenvalue weighted by atomic mass is 10.2. The molecule has 0 N–H and O–H groups in total. The highest BCUT2D eigenvalue weighted by atomic mass is 32.1. The van der Waals surface area contributed by atoms with Gasteiger partial charge in [-0.15, -0.1) is 11.3 Å². The predicted octanol–water partition coefficient (Wildman–Crippen LogP) is 3.26. The first-order valence-electron chi connectivity index (χ1n) is 8.30. The number of rotatable bonds is 6. The van der Waals surface area contributed by atoms with E-state index in [0.29, 0.717) is 4.70 Å². The molecule has 1 aromatic carbocycles. The van der Waals surface area contributed by atoms with Gasteiger partial charge in [-0.3, -0.25) is 14.2 Å². The largest absolute Gasteiger partial charge is 0.341 e. The van der Waals surface area contributed by atoms with Crippen molar-refractivity contribution < 1.29 is 4.79 Å². The summed E-state index contributed by atoms with van der Waals surface area (Å²) in [7, 11) is 0. The Kier molecular flexibility index (Phi) is 4.94. The van der Waals surface area contributed by atoms with Crippen LogP contribution in [0.1, 0.15) is 26.7 Å². The minimum atomic E-state index is -0.137. The maximum Gasteiger partial charge on any atom is 0.271 e. The average molecular weight is 343 g/mol. The molecular formula is C18H21N3O2S. The summed E-state index contributed by atoms with van der Waals surface area (Å²) in [5, 5.41) is 0.992. The quantitative estimate of drug-likeness (QED) is 0.690. The standard InChI is InChI=1S/C18H21N3O2S/c1-3-9-20(10-4-2)15(22)11-21-12-19-16-13-7-5-6-8-14(13)24-17(16)18(21)23/h5-8,12H,3-4,9-11H2,1-2H3. The lowest BCUT2D eigenvalue weighted by Crippen LogP contribution is -2.37. The zero-order valence-corrected chi connectivity index (χ0v) is 14.8. The average Bonchev–Trinajstić information content (AvgIpc) is 2.96. The van der Waals surface area contributed by atoms with Crippen molar-refractivity contribution in [2.45, 2.75) is 33.2 Å². The zero-order valence-electron chi connectivity index (χ0n) is 14.0. The van der Waals surface area contributed by atoms with Gasteiger partial charge in [0.2, 0.25) is 5.91 Å². The highest BCUT2D eigenvalue weighted by Gasteiger charge is 2.16. The molecule has 0 aliphatic heterocycles. The Morgan fingerprint density at radius 3 is 2.62 bits per heavy atom. The molecule has 0 atom stereocenters. The lowest BCUT2D eigenvalue weighted by Gasteiger charge is -2.21. The number of hydrogen-bond acceptors (Lipinski definition) is 4. The van der Waals surface area contributed by atoms with Crippen LogP contribution in [0.5, 0.6) is 0 Å². The number of fused-ring (bicyclic) bond motifs is 3. The van der Waals surface area contributed by atoms with Crippen LogP contribution in [-0.2, 0) is 11.3 Å². The highest BCUT2D eigenvalue weighted by Crippen LogP contribution is 2.29. The molecule has 3 aromatic rings. The van der Waals surface area contributed by atoms with E-state index < -0.39 is 0 Å². The van der Waals surface area contributed by atoms with Gasteiger partial charge in [0.1, 0.15) is 11.2 Å². The third-order valence-corrected chi connectivity index (χ3v) is 5.14. The van der Waals surface area contributed by atoms with Crippen LogP contribution in [0.25, 0.3) is 20.3 Å². The molecule has 0 aliphatic rings. The fraction of sp³-hybridized carbons (Fsp3) is 0.389. The van der Waals surface area contributed by atoms with Gasteiger partial charge in [-0.05, 0) is 18.9 Å². The molecule has 2 heterocycles. The minimum Gasteiger partial charge on any atom is -0.341 e. The predicted molar refractivity (Wildman–Crippen MR) is 98.5 cm³/mol. The van der Waals surface area contributed by atoms with Crippen LogP contribution in [0.2, 0.25) is 0 Å². The summed E-state index contributed by atoms with van der Waals surface area (Å²) in [6.45, 7) is 5.59. The number of thiophene rings is 1. The Bertz CT molecular complexity index is 923. The molecule has 0 unspecified atom stereocenters. The number of aromatic nitrogens is 2. The minimum absolute atomic E-state index is 0.0249. The van der Waals surface area contributed by atoms with Gasteiger partial charge in [0, 0.05) is 23.2 Å². The van der Waals surface area contributed by atoms with Gasteiger partial charge in [0.25, 0.3) is 5.56 Å². The van der Waals surface area contributed by atoms with E-state index in [1.54, 1.807) is 0 Å². The Hall–Kier alpha value is -2.21. The van der Waals surface area contributed by atoms with E-state index in [-0.39, 0.29) is 18.0 Å². The molecular weight excluding hydrogens is 322 g/mol. The first-order chi connectivity index (χ1) is 11.7. The molecule has 5 nitrogen and oxygen atoms in total. The van der Waals surface area contributed by atoms with Crippen LogP contribution < -0.4 is 5.56 Å². The van der Waals surface area contributed by atoms with E-state index in [1.165, 1.54) is 22.2 Å². The van der Waals surface area contributed by atoms with Crippen molar-refractivity contribution in [3.63, 3.8) is 0 Å². The Labute approximate surface area is 144 Å². The fourth-order valence-electron chi connectivity index (χ4n) is 2.87. The first kappa shape index (κ1) is 16.6. The summed E-state index contributed by atoms with van der Waals surface area (Å²) in [6, 6.07) is 7.85. The number of nitrogens with zero attached hydrogens (tertiary/aromatic N) is 3. The first-order valence-corrected chi connectivity index (χ1v) is 9.11. The Morgan fingerprint density at radius 2 is 1.92 bits per heavy atom. The molecule has 0 spiro atoms. The molecule has 0 radical (unpaired) electrons. The normalized spacial score (nSPS) is 11.2. The number of hydrogen-bond donors (Lipinski definition) is 0. The van der Waals surface area contributed by atoms with Crippen LogP contribution in [0, 0.1) is 0 Å². The Morgan fingerprint density at radius 1 is 1.21 bits per heavy atom. The smallest absolute Gasteiger partial charge is 0.271 e. The van der Waals surface area contributed by atoms with Crippen molar-refractivity contribution in [3.8, 4) is 0 Å². The lowest BCUT2D eigenvalue weighted by molar-refractivity contribution is -0.132. The number of benzene rings is 1. The molecule has 1 amide bonds. The maximum atomic E-state index is 12.7. The molecule has 2 aromatic heterocycles. The molecule has 126 valence electrons. The van der Waals surface area contributed by atoms with Crippen LogP contribution in [0.3, 0.4) is 0 Å². The van der Waals surface area contributed by atoms with Crippen molar-refractivity contribution in [1.29, 1.82) is 0 Å². The summed E-state index contributed by atoms with van der Waals surface area (Å²) >= 11 is 1.44. The second-order valence-corrected chi connectivity index (χ2v) is 6.89. The number of carbonyl (C=O) groups is 1. The van der Waals surface area contributed by atoms with Crippen molar-refractivity contribution in [3.05, 3.63) is 40.9 Å². The van der Waals surface area contributed by atoms with E-state index in [1.807, 2.05) is 43.0 Å². The summed E-state index contributed by atoms with van der Waals surface area (Å²) in [4.78, 5) is 31.5. The molecule has 0 aliphatic carbocycles. The van der Waals surface area contributed by atoms with Gasteiger partial charge < -0.3 is 4.90 Å². The molecule has 0 saturated heterocycles. The zero-order chi connectivity index (χ0) is 17.1. The van der Waals surface area contributed by atoms with Gasteiger partial charge in [0.15, 0.2) is 0 Å². The fourth-order valence-corrected chi connectivity index (χ4v) is 3.98. The topological polar surface area (TPSA) is 55.2 Å². The SMILES string of the molecule is CCCN(CCC)C(=O)Cn1cnc2c(sc3ccccc32)c1=O. The van der Waals surface area contributed by atoms with E-state index in [2.05, 4.69) is 4.98 Å². The van der Waals surface area contributed by atoms with E-state index in [4.69, 9.17) is 0 Å². The summed E-state index contributed by atoms with van der Waals surface area (Å²) < 4.78 is 3.09. The molecule has 0 bridgehead atoms. The molecule has 6 heteroatoms. The second kappa shape index (κ2) is 7.13. The Balaban J connectivity index is 1.95. The van der Waals surface area contributed by atoms with Crippen molar-refractivity contribution in [2.75, 3.05) is 13.1 Å². The van der Waals surface area contributed by atoms with Crippen molar-refractivity contribution >= 4 is 37.5 Å². The maximum absolute atomic E-state index is 12.7. The third-order valence-electron chi connectivity index (χ3n) is 4.00. The van der Waals surface area contributed by atoms with Gasteiger partial charge in [-0.25, -0.2) is 4.98 Å². The van der Waals surface area contributed by atoms with Gasteiger partial charge in [-0.2, -0.15) is 0 Å². The van der Waals surface area contributed by atoms with Crippen LogP contribution >= 0.6 is 11.3 Å². The summed E-state index contributed by atoms with van der Waals surface area (Å²) in [6.07, 6.45) is 3.32. The van der Waals surface area contributed by atoms with Crippen LogP contribution in [0.15, 0.2) is 35.4 Å². The second-order valence-electron chi connectivity index (χ2n) is 5.83. The molecule has 0 fully saturated rings. The van der Waals surface area contributed by atoms with Crippen LogP contribution in [-0.4, -0.2) is 33.4 Å². The highest BCUT2D eigenvalue weighted by molar-refractivity contribution is 7.25. The third kappa shape index (κ3) is 3.06. The van der Waals surface area contributed by atoms with E-state index >= 15 is 0 Å². The van der Waals surface area contributed by atoms with E-state index in [0.717, 1.165) is 41.5 Å². The van der Waals surface area contributed by atoms with Crippen LogP contribution in [0.4, 0.5) is 0 Å². The number of amides is 1. The van der Waals surface area contributed by atoms with Gasteiger partial charge >= 0.3 is 0 Å². The van der Waals surface area contributed by atoms with Crippen molar-refractivity contribution in [2.24, 2.45) is 0 Å². The van der Waals surface area contributed by atoms with Gasteiger partial charge in [-0.1, -0.05) is 32.0 Å². The van der Waals surface area contributed by atoms with Gasteiger partial charge in [0.05, 0.1) is 11.8 Å². The van der Waals surface area contributed by atoms with Crippen molar-refractivity contribution in [1.82, 2.24) is 14.5 Å². The van der Waals surface area contributed by atoms with E-state index in [9.17, 15) is 9.59 Å². The summed E-state index contributed by atoms with van der Waals surface area (Å²) in [5.41, 5.74) is 0.589. The monoisotopic (exact) mass is 343 g/mol. The summed E-state index contributed by atoms with van der Waals surface area (Å²) in [5.74, 6) is -0.0249. The molecule has 3 rings (SSSR count).